The van der Waals surface area contributed by atoms with Crippen molar-refractivity contribution in [1.29, 1.82) is 0 Å². The number of nitrogens with one attached hydrogen (secondary N) is 1. The van der Waals surface area contributed by atoms with Crippen molar-refractivity contribution in [2.45, 2.75) is 80.7 Å². The zero-order chi connectivity index (χ0) is 43.7. The Hall–Kier alpha value is -4.43. The molecule has 0 radical (unpaired) electrons. The van der Waals surface area contributed by atoms with E-state index < -0.39 is 143 Å². The molecule has 0 bridgehead atoms. The second-order valence-corrected chi connectivity index (χ2v) is 14.4. The first-order valence-electron chi connectivity index (χ1n) is 16.5. The van der Waals surface area contributed by atoms with Gasteiger partial charge < -0.3 is 20.0 Å². The molecule has 27 heteroatoms. The van der Waals surface area contributed by atoms with Crippen molar-refractivity contribution in [2.75, 3.05) is 45.9 Å². The van der Waals surface area contributed by atoms with Gasteiger partial charge in [-0.05, 0) is 44.2 Å². The van der Waals surface area contributed by atoms with Gasteiger partial charge in [0.15, 0.2) is 0 Å². The molecule has 324 valence electrons. The number of aryl methyl sites for hydroxylation is 1. The van der Waals surface area contributed by atoms with Gasteiger partial charge in [-0.25, -0.2) is 0 Å². The van der Waals surface area contributed by atoms with Crippen molar-refractivity contribution in [2.24, 2.45) is 5.92 Å². The van der Waals surface area contributed by atoms with Crippen molar-refractivity contribution in [1.82, 2.24) is 20.0 Å². The van der Waals surface area contributed by atoms with Crippen LogP contribution in [0.5, 0.6) is 0 Å². The Labute approximate surface area is 315 Å². The van der Waals surface area contributed by atoms with Gasteiger partial charge in [-0.15, -0.1) is 0 Å². The lowest BCUT2D eigenvalue weighted by Crippen LogP contribution is -2.55. The second kappa shape index (κ2) is 19.3. The highest BCUT2D eigenvalue weighted by Gasteiger charge is 2.47. The first kappa shape index (κ1) is 48.7. The van der Waals surface area contributed by atoms with Crippen LogP contribution in [0.4, 0.5) is 52.7 Å². The molecule has 0 spiro atoms. The van der Waals surface area contributed by atoms with Crippen LogP contribution in [-0.4, -0.2) is 134 Å². The monoisotopic (exact) mass is 869 g/mol. The van der Waals surface area contributed by atoms with E-state index in [4.69, 9.17) is 0 Å². The zero-order valence-corrected chi connectivity index (χ0v) is 30.3. The molecule has 1 aromatic rings. The number of benzene rings is 1. The highest BCUT2D eigenvalue weighted by atomic mass is 32.2. The van der Waals surface area contributed by atoms with Crippen molar-refractivity contribution in [3.63, 3.8) is 0 Å². The predicted molar refractivity (Wildman–Crippen MR) is 168 cm³/mol. The van der Waals surface area contributed by atoms with E-state index in [0.29, 0.717) is 5.56 Å². The lowest BCUT2D eigenvalue weighted by atomic mass is 9.82. The summed E-state index contributed by atoms with van der Waals surface area (Å²) in [6.07, 6.45) is -24.0. The lowest BCUT2D eigenvalue weighted by molar-refractivity contribution is -0.527. The van der Waals surface area contributed by atoms with Crippen molar-refractivity contribution < 1.29 is 89.4 Å². The summed E-state index contributed by atoms with van der Waals surface area (Å²) in [5, 5.41) is 12.5. The number of rotatable bonds is 17. The fourth-order valence-electron chi connectivity index (χ4n) is 5.66. The van der Waals surface area contributed by atoms with Gasteiger partial charge in [0.1, 0.15) is 0 Å². The number of halogens is 12. The average Bonchev–Trinajstić information content (AvgIpc) is 3.08. The van der Waals surface area contributed by atoms with Gasteiger partial charge in [0.2, 0.25) is 6.04 Å². The summed E-state index contributed by atoms with van der Waals surface area (Å²) < 4.78 is 191. The molecule has 1 aliphatic rings. The van der Waals surface area contributed by atoms with Gasteiger partial charge in [0.25, 0.3) is 10.1 Å². The Kier molecular flexibility index (Phi) is 16.5. The zero-order valence-electron chi connectivity index (χ0n) is 29.4. The number of hydrogen-bond donors (Lipinski definition) is 1. The smallest absolute Gasteiger partial charge is 0.344 e. The van der Waals surface area contributed by atoms with Crippen LogP contribution in [0.25, 0.3) is 0 Å². The number of amides is 4. The van der Waals surface area contributed by atoms with Crippen LogP contribution >= 0.6 is 0 Å². The summed E-state index contributed by atoms with van der Waals surface area (Å²) in [5.41, 5.74) is 0.599. The Morgan fingerprint density at radius 2 is 1.16 bits per heavy atom. The molecule has 0 heterocycles. The maximum absolute atomic E-state index is 13.6. The van der Waals surface area contributed by atoms with Crippen molar-refractivity contribution >= 4 is 33.7 Å². The Morgan fingerprint density at radius 1 is 0.737 bits per heavy atom. The average molecular weight is 870 g/mol. The minimum atomic E-state index is -5.87. The van der Waals surface area contributed by atoms with Crippen LogP contribution in [0.1, 0.15) is 37.7 Å². The molecule has 4 amide bonds. The highest BCUT2D eigenvalue weighted by molar-refractivity contribution is 7.86. The van der Waals surface area contributed by atoms with Gasteiger partial charge in [0.05, 0.1) is 11.5 Å². The molecule has 1 saturated carbocycles. The van der Waals surface area contributed by atoms with E-state index in [1.807, 2.05) is 0 Å². The Balaban J connectivity index is 2.36. The van der Waals surface area contributed by atoms with Crippen LogP contribution in [0, 0.1) is 23.0 Å². The largest absolute Gasteiger partial charge is 0.471 e. The summed E-state index contributed by atoms with van der Waals surface area (Å²) in [5.74, 6) is -12.0. The molecule has 14 nitrogen and oxygen atoms in total. The molecule has 0 aliphatic heterocycles. The molecular formula is C30H35F12N5O9S. The van der Waals surface area contributed by atoms with Crippen LogP contribution in [0.15, 0.2) is 29.2 Å². The number of alkyl halides is 12. The van der Waals surface area contributed by atoms with Crippen molar-refractivity contribution in [3.8, 4) is 0 Å². The third-order valence-corrected chi connectivity index (χ3v) is 9.87. The quantitative estimate of drug-likeness (QED) is 0.104. The van der Waals surface area contributed by atoms with E-state index >= 15 is 0 Å². The number of carbonyl (C=O) groups excluding carboxylic acids is 4. The first-order chi connectivity index (χ1) is 25.9. The SMILES string of the molecule is Cc1ccc(S(=O)(=O)OCCN(CCN(CCN(CC(CC2CCC([N+](=O)[O-])CC2)NC(=O)C(F)(F)F)C(=O)C(F)(F)F)C(=O)C(F)(F)F)C(=O)C(F)(F)F)cc1. The summed E-state index contributed by atoms with van der Waals surface area (Å²) in [6, 6.07) is 1.74. The normalized spacial score (nSPS) is 17.4. The number of carbonyl (C=O) groups is 4. The predicted octanol–water partition coefficient (Wildman–Crippen LogP) is 4.15. The van der Waals surface area contributed by atoms with Crippen LogP contribution in [0.3, 0.4) is 0 Å². The molecule has 57 heavy (non-hydrogen) atoms. The van der Waals surface area contributed by atoms with Gasteiger partial charge in [-0.1, -0.05) is 17.7 Å². The van der Waals surface area contributed by atoms with Crippen molar-refractivity contribution in [3.05, 3.63) is 39.9 Å². The van der Waals surface area contributed by atoms with Gasteiger partial charge in [-0.2, -0.15) is 61.1 Å². The molecule has 1 unspecified atom stereocenters. The second-order valence-electron chi connectivity index (χ2n) is 12.8. The number of nitro groups is 1. The maximum Gasteiger partial charge on any atom is 0.471 e. The summed E-state index contributed by atoms with van der Waals surface area (Å²) in [7, 11) is -4.66. The van der Waals surface area contributed by atoms with Crippen LogP contribution in [0.2, 0.25) is 0 Å². The van der Waals surface area contributed by atoms with E-state index in [-0.39, 0.29) is 35.5 Å². The molecule has 1 N–H and O–H groups in total. The Bertz CT molecular complexity index is 1680. The topological polar surface area (TPSA) is 177 Å². The van der Waals surface area contributed by atoms with Gasteiger partial charge in [0, 0.05) is 63.1 Å². The highest BCUT2D eigenvalue weighted by Crippen LogP contribution is 2.30. The lowest BCUT2D eigenvalue weighted by Gasteiger charge is -2.34. The third-order valence-electron chi connectivity index (χ3n) is 8.54. The number of nitrogens with zero attached hydrogens (tertiary/aromatic N) is 4. The molecule has 2 rings (SSSR count). The molecule has 0 aromatic heterocycles. The maximum atomic E-state index is 13.6. The van der Waals surface area contributed by atoms with Gasteiger partial charge >= 0.3 is 48.3 Å². The van der Waals surface area contributed by atoms with E-state index in [9.17, 15) is 90.4 Å². The molecular weight excluding hydrogens is 834 g/mol. The van der Waals surface area contributed by atoms with Crippen LogP contribution < -0.4 is 5.32 Å². The standard InChI is InChI=1S/C30H35F12N5O9S/c1-18-2-8-22(9-3-18)57(54,55)56-15-14-45(25(50)29(37,38)39)11-10-44(24(49)28(34,35)36)12-13-46(26(51)30(40,41)42)17-20(43-23(48)27(31,32)33)16-19-4-6-21(7-5-19)47(52)53/h2-3,8-9,19-21H,4-7,10-17H2,1H3,(H,43,48). The van der Waals surface area contributed by atoms with E-state index in [1.54, 1.807) is 6.92 Å². The molecule has 1 aromatic carbocycles. The molecule has 0 saturated heterocycles. The minimum Gasteiger partial charge on any atom is -0.344 e. The molecule has 1 fully saturated rings. The van der Waals surface area contributed by atoms with Crippen LogP contribution in [-0.2, 0) is 33.5 Å². The van der Waals surface area contributed by atoms with E-state index in [2.05, 4.69) is 4.18 Å². The summed E-state index contributed by atoms with van der Waals surface area (Å²) in [6.45, 7) is -8.53. The van der Waals surface area contributed by atoms with E-state index in [1.165, 1.54) is 17.4 Å². The minimum absolute atomic E-state index is 0.0544. The molecule has 1 aliphatic carbocycles. The first-order valence-corrected chi connectivity index (χ1v) is 17.9. The van der Waals surface area contributed by atoms with E-state index in [0.717, 1.165) is 12.1 Å². The molecule has 1 atom stereocenters. The van der Waals surface area contributed by atoms with Gasteiger partial charge in [-0.3, -0.25) is 33.5 Å². The summed E-state index contributed by atoms with van der Waals surface area (Å²) >= 11 is 0. The fraction of sp³-hybridized carbons (Fsp3) is 0.667. The number of hydrogen-bond acceptors (Lipinski definition) is 9. The Morgan fingerprint density at radius 3 is 1.58 bits per heavy atom. The third kappa shape index (κ3) is 15.4. The summed E-state index contributed by atoms with van der Waals surface area (Å²) in [4.78, 5) is 57.5. The fourth-order valence-corrected chi connectivity index (χ4v) is 6.56.